The fraction of sp³-hybridized carbons (Fsp3) is 0.571. The normalized spacial score (nSPS) is 13.9. The van der Waals surface area contributed by atoms with Gasteiger partial charge in [-0.05, 0) is 25.7 Å². The molecule has 0 unspecified atom stereocenters. The van der Waals surface area contributed by atoms with Crippen LogP contribution >= 0.6 is 11.3 Å². The highest BCUT2D eigenvalue weighted by atomic mass is 32.1. The van der Waals surface area contributed by atoms with Crippen LogP contribution < -0.4 is 21.3 Å². The molecule has 0 saturated heterocycles. The number of thiophene rings is 1. The van der Waals surface area contributed by atoms with E-state index < -0.39 is 0 Å². The molecule has 1 aliphatic rings. The van der Waals surface area contributed by atoms with Crippen LogP contribution in [0.25, 0.3) is 0 Å². The zero-order chi connectivity index (χ0) is 15.6. The molecule has 2 amide bonds. The highest BCUT2D eigenvalue weighted by molar-refractivity contribution is 7.19. The number of nitrogen functional groups attached to an aromatic ring is 1. The largest absolute Gasteiger partial charge is 0.397 e. The van der Waals surface area contributed by atoms with Gasteiger partial charge in [-0.3, -0.25) is 9.59 Å². The molecule has 0 bridgehead atoms. The summed E-state index contributed by atoms with van der Waals surface area (Å²) in [5, 5.41) is 6.10. The first-order valence-electron chi connectivity index (χ1n) is 7.13. The maximum Gasteiger partial charge on any atom is 0.263 e. The molecular weight excluding hydrogens is 288 g/mol. The molecule has 4 N–H and O–H groups in total. The van der Waals surface area contributed by atoms with Crippen molar-refractivity contribution in [3.63, 3.8) is 0 Å². The standard InChI is InChI=1S/C14H22N4O2S/c1-4-17-13(20)11-10(15)9(12(19)16-2)14(21-11)18(3)7-8-5-6-8/h8H,4-7,15H2,1-3H3,(H,16,19)(H,17,20). The summed E-state index contributed by atoms with van der Waals surface area (Å²) in [7, 11) is 3.51. The van der Waals surface area contributed by atoms with E-state index in [4.69, 9.17) is 5.73 Å². The van der Waals surface area contributed by atoms with Gasteiger partial charge in [-0.2, -0.15) is 0 Å². The van der Waals surface area contributed by atoms with Crippen LogP contribution in [0.4, 0.5) is 10.7 Å². The highest BCUT2D eigenvalue weighted by Crippen LogP contribution is 2.40. The smallest absolute Gasteiger partial charge is 0.263 e. The predicted octanol–water partition coefficient (Wildman–Crippen LogP) is 1.29. The summed E-state index contributed by atoms with van der Waals surface area (Å²) in [4.78, 5) is 26.6. The van der Waals surface area contributed by atoms with E-state index in [1.165, 1.54) is 24.2 Å². The molecule has 1 fully saturated rings. The van der Waals surface area contributed by atoms with Gasteiger partial charge in [0.15, 0.2) is 0 Å². The number of carbonyl (C=O) groups excluding carboxylic acids is 2. The third-order valence-corrected chi connectivity index (χ3v) is 4.82. The van der Waals surface area contributed by atoms with Crippen LogP contribution in [0.2, 0.25) is 0 Å². The lowest BCUT2D eigenvalue weighted by atomic mass is 10.2. The van der Waals surface area contributed by atoms with Crippen molar-refractivity contribution in [2.45, 2.75) is 19.8 Å². The van der Waals surface area contributed by atoms with Crippen LogP contribution in [0.3, 0.4) is 0 Å². The molecule has 1 aromatic rings. The molecule has 0 radical (unpaired) electrons. The molecular formula is C14H22N4O2S. The summed E-state index contributed by atoms with van der Waals surface area (Å²) in [6, 6.07) is 0. The fourth-order valence-corrected chi connectivity index (χ4v) is 3.33. The van der Waals surface area contributed by atoms with Gasteiger partial charge in [-0.15, -0.1) is 11.3 Å². The van der Waals surface area contributed by atoms with Crippen molar-refractivity contribution >= 4 is 33.8 Å². The van der Waals surface area contributed by atoms with Gasteiger partial charge in [0.2, 0.25) is 0 Å². The first kappa shape index (κ1) is 15.6. The Balaban J connectivity index is 2.38. The van der Waals surface area contributed by atoms with Gasteiger partial charge >= 0.3 is 0 Å². The Morgan fingerprint density at radius 1 is 1.38 bits per heavy atom. The Bertz CT molecular complexity index is 551. The first-order valence-corrected chi connectivity index (χ1v) is 7.94. The third-order valence-electron chi connectivity index (χ3n) is 3.50. The molecule has 0 atom stereocenters. The molecule has 1 heterocycles. The molecule has 1 saturated carbocycles. The maximum atomic E-state index is 12.1. The monoisotopic (exact) mass is 310 g/mol. The van der Waals surface area contributed by atoms with Crippen LogP contribution in [0, 0.1) is 5.92 Å². The van der Waals surface area contributed by atoms with E-state index >= 15 is 0 Å². The SMILES string of the molecule is CCNC(=O)c1sc(N(C)CC2CC2)c(C(=O)NC)c1N. The Kier molecular flexibility index (Phi) is 4.72. The van der Waals surface area contributed by atoms with Crippen molar-refractivity contribution in [3.8, 4) is 0 Å². The van der Waals surface area contributed by atoms with E-state index in [2.05, 4.69) is 10.6 Å². The molecule has 21 heavy (non-hydrogen) atoms. The highest BCUT2D eigenvalue weighted by Gasteiger charge is 2.29. The van der Waals surface area contributed by atoms with E-state index in [0.717, 1.165) is 11.5 Å². The summed E-state index contributed by atoms with van der Waals surface area (Å²) in [5.41, 5.74) is 6.73. The van der Waals surface area contributed by atoms with E-state index in [0.29, 0.717) is 22.9 Å². The van der Waals surface area contributed by atoms with Crippen molar-refractivity contribution in [1.29, 1.82) is 0 Å². The number of carbonyl (C=O) groups is 2. The molecule has 2 rings (SSSR count). The second-order valence-electron chi connectivity index (χ2n) is 5.29. The molecule has 7 heteroatoms. The van der Waals surface area contributed by atoms with E-state index in [-0.39, 0.29) is 17.5 Å². The van der Waals surface area contributed by atoms with E-state index in [9.17, 15) is 9.59 Å². The molecule has 0 spiro atoms. The van der Waals surface area contributed by atoms with Crippen LogP contribution in [0.5, 0.6) is 0 Å². The zero-order valence-corrected chi connectivity index (χ0v) is 13.5. The van der Waals surface area contributed by atoms with Crippen molar-refractivity contribution in [2.24, 2.45) is 5.92 Å². The fourth-order valence-electron chi connectivity index (χ4n) is 2.22. The van der Waals surface area contributed by atoms with Gasteiger partial charge in [0, 0.05) is 27.2 Å². The predicted molar refractivity (Wildman–Crippen MR) is 86.1 cm³/mol. The Labute approximate surface area is 128 Å². The van der Waals surface area contributed by atoms with Crippen molar-refractivity contribution < 1.29 is 9.59 Å². The van der Waals surface area contributed by atoms with Gasteiger partial charge in [0.1, 0.15) is 9.88 Å². The molecule has 1 aliphatic carbocycles. The second-order valence-corrected chi connectivity index (χ2v) is 6.29. The third kappa shape index (κ3) is 3.29. The number of nitrogens with zero attached hydrogens (tertiary/aromatic N) is 1. The lowest BCUT2D eigenvalue weighted by molar-refractivity contribution is 0.0959. The maximum absolute atomic E-state index is 12.1. The topological polar surface area (TPSA) is 87.5 Å². The Morgan fingerprint density at radius 2 is 2.05 bits per heavy atom. The Morgan fingerprint density at radius 3 is 2.57 bits per heavy atom. The number of anilines is 2. The Hall–Kier alpha value is -1.76. The quantitative estimate of drug-likeness (QED) is 0.739. The number of hydrogen-bond donors (Lipinski definition) is 3. The summed E-state index contributed by atoms with van der Waals surface area (Å²) >= 11 is 1.28. The lowest BCUT2D eigenvalue weighted by Gasteiger charge is -2.18. The van der Waals surface area contributed by atoms with Gasteiger partial charge in [-0.25, -0.2) is 0 Å². The van der Waals surface area contributed by atoms with Crippen LogP contribution in [-0.4, -0.2) is 39.0 Å². The number of nitrogens with two attached hydrogens (primary N) is 1. The number of hydrogen-bond acceptors (Lipinski definition) is 5. The van der Waals surface area contributed by atoms with Crippen LogP contribution in [0.15, 0.2) is 0 Å². The summed E-state index contributed by atoms with van der Waals surface area (Å²) in [6.45, 7) is 3.26. The van der Waals surface area contributed by atoms with Crippen molar-refractivity contribution in [1.82, 2.24) is 10.6 Å². The zero-order valence-electron chi connectivity index (χ0n) is 12.7. The number of rotatable bonds is 6. The van der Waals surface area contributed by atoms with Crippen molar-refractivity contribution in [3.05, 3.63) is 10.4 Å². The van der Waals surface area contributed by atoms with Crippen LogP contribution in [0.1, 0.15) is 39.8 Å². The number of amides is 2. The first-order chi connectivity index (χ1) is 9.99. The van der Waals surface area contributed by atoms with Gasteiger partial charge in [0.25, 0.3) is 11.8 Å². The molecule has 116 valence electrons. The van der Waals surface area contributed by atoms with E-state index in [1.807, 2.05) is 18.9 Å². The van der Waals surface area contributed by atoms with Gasteiger partial charge < -0.3 is 21.3 Å². The average Bonchev–Trinajstić information content (AvgIpc) is 3.19. The minimum atomic E-state index is -0.253. The van der Waals surface area contributed by atoms with Gasteiger partial charge in [-0.1, -0.05) is 0 Å². The molecule has 1 aromatic heterocycles. The second kappa shape index (κ2) is 6.34. The molecule has 6 nitrogen and oxygen atoms in total. The minimum absolute atomic E-state index is 0.226. The summed E-state index contributed by atoms with van der Waals surface area (Å²) < 4.78 is 0. The lowest BCUT2D eigenvalue weighted by Crippen LogP contribution is -2.25. The summed E-state index contributed by atoms with van der Waals surface area (Å²) in [5.74, 6) is 0.206. The average molecular weight is 310 g/mol. The number of nitrogens with one attached hydrogen (secondary N) is 2. The molecule has 0 aliphatic heterocycles. The van der Waals surface area contributed by atoms with Gasteiger partial charge in [0.05, 0.1) is 11.3 Å². The van der Waals surface area contributed by atoms with E-state index in [1.54, 1.807) is 7.05 Å². The van der Waals surface area contributed by atoms with Crippen LogP contribution in [-0.2, 0) is 0 Å². The van der Waals surface area contributed by atoms with Crippen molar-refractivity contribution in [2.75, 3.05) is 37.8 Å². The minimum Gasteiger partial charge on any atom is -0.397 e. The molecule has 0 aromatic carbocycles. The summed E-state index contributed by atoms with van der Waals surface area (Å²) in [6.07, 6.45) is 2.45.